The summed E-state index contributed by atoms with van der Waals surface area (Å²) in [5, 5.41) is 8.78. The van der Waals surface area contributed by atoms with Crippen LogP contribution in [0, 0.1) is 18.8 Å². The number of aliphatic hydroxyl groups excluding tert-OH is 1. The lowest BCUT2D eigenvalue weighted by Crippen LogP contribution is -2.31. The zero-order valence-corrected chi connectivity index (χ0v) is 15.5. The third-order valence-electron chi connectivity index (χ3n) is 4.19. The van der Waals surface area contributed by atoms with E-state index in [1.165, 1.54) is 16.7 Å². The Labute approximate surface area is 151 Å². The van der Waals surface area contributed by atoms with Crippen LogP contribution in [0.1, 0.15) is 22.3 Å². The summed E-state index contributed by atoms with van der Waals surface area (Å²) in [6.07, 6.45) is 0. The van der Waals surface area contributed by atoms with Crippen molar-refractivity contribution in [2.24, 2.45) is 0 Å². The van der Waals surface area contributed by atoms with E-state index in [1.54, 1.807) is 0 Å². The Kier molecular flexibility index (Phi) is 7.69. The second-order valence-corrected chi connectivity index (χ2v) is 6.60. The minimum absolute atomic E-state index is 0.101. The van der Waals surface area contributed by atoms with Crippen LogP contribution in [-0.2, 0) is 13.1 Å². The molecular weight excluding hydrogens is 308 g/mol. The largest absolute Gasteiger partial charge is 0.384 e. The summed E-state index contributed by atoms with van der Waals surface area (Å²) in [6.45, 7) is 5.99. The molecule has 25 heavy (non-hydrogen) atoms. The van der Waals surface area contributed by atoms with E-state index < -0.39 is 0 Å². The van der Waals surface area contributed by atoms with Crippen molar-refractivity contribution in [2.45, 2.75) is 20.0 Å². The van der Waals surface area contributed by atoms with E-state index in [0.29, 0.717) is 0 Å². The van der Waals surface area contributed by atoms with Crippen molar-refractivity contribution in [2.75, 3.05) is 33.8 Å². The van der Waals surface area contributed by atoms with Gasteiger partial charge in [0.2, 0.25) is 0 Å². The first kappa shape index (κ1) is 19.2. The van der Waals surface area contributed by atoms with Gasteiger partial charge in [0.25, 0.3) is 0 Å². The van der Waals surface area contributed by atoms with Crippen LogP contribution >= 0.6 is 0 Å². The van der Waals surface area contributed by atoms with E-state index in [1.807, 2.05) is 12.1 Å². The van der Waals surface area contributed by atoms with Crippen molar-refractivity contribution in [3.63, 3.8) is 0 Å². The molecule has 1 N–H and O–H groups in total. The van der Waals surface area contributed by atoms with Gasteiger partial charge >= 0.3 is 0 Å². The second-order valence-electron chi connectivity index (χ2n) is 6.60. The maximum atomic E-state index is 8.78. The molecular formula is C22H28N2O. The maximum Gasteiger partial charge on any atom is 0.104 e. The molecule has 3 heteroatoms. The van der Waals surface area contributed by atoms with Crippen LogP contribution in [0.3, 0.4) is 0 Å². The summed E-state index contributed by atoms with van der Waals surface area (Å²) in [7, 11) is 4.22. The molecule has 132 valence electrons. The predicted octanol–water partition coefficient (Wildman–Crippen LogP) is 2.90. The number of benzene rings is 2. The molecule has 0 bridgehead atoms. The monoisotopic (exact) mass is 336 g/mol. The molecule has 0 heterocycles. The van der Waals surface area contributed by atoms with Crippen LogP contribution in [0.15, 0.2) is 48.5 Å². The summed E-state index contributed by atoms with van der Waals surface area (Å²) in [4.78, 5) is 4.70. The van der Waals surface area contributed by atoms with E-state index in [0.717, 1.165) is 31.7 Å². The standard InChI is InChI=1S/C22H28N2O/c1-19-7-4-5-9-22(19)18-24(15-14-23(2)3)17-21-12-10-20(11-13-21)8-6-16-25/h4-5,7,9-13,25H,14-18H2,1-3H3. The SMILES string of the molecule is Cc1ccccc1CN(CCN(C)C)Cc1ccc(C#CCO)cc1. The normalized spacial score (nSPS) is 10.8. The number of rotatable bonds is 7. The predicted molar refractivity (Wildman–Crippen MR) is 104 cm³/mol. The van der Waals surface area contributed by atoms with Crippen LogP contribution in [0.5, 0.6) is 0 Å². The first-order valence-electron chi connectivity index (χ1n) is 8.68. The molecule has 0 fully saturated rings. The molecule has 0 saturated heterocycles. The molecule has 2 rings (SSSR count). The van der Waals surface area contributed by atoms with Crippen LogP contribution in [0.4, 0.5) is 0 Å². The highest BCUT2D eigenvalue weighted by Crippen LogP contribution is 2.14. The van der Waals surface area contributed by atoms with Gasteiger partial charge in [-0.25, -0.2) is 0 Å². The lowest BCUT2D eigenvalue weighted by molar-refractivity contribution is 0.226. The number of likely N-dealkylation sites (N-methyl/N-ethyl adjacent to an activating group) is 1. The van der Waals surface area contributed by atoms with Gasteiger partial charge in [0.05, 0.1) is 0 Å². The van der Waals surface area contributed by atoms with E-state index in [4.69, 9.17) is 5.11 Å². The van der Waals surface area contributed by atoms with Gasteiger partial charge in [0.15, 0.2) is 0 Å². The Morgan fingerprint density at radius 2 is 1.64 bits per heavy atom. The van der Waals surface area contributed by atoms with Crippen molar-refractivity contribution in [3.8, 4) is 11.8 Å². The number of hydrogen-bond acceptors (Lipinski definition) is 3. The molecule has 0 radical (unpaired) electrons. The quantitative estimate of drug-likeness (QED) is 0.788. The van der Waals surface area contributed by atoms with E-state index in [9.17, 15) is 0 Å². The summed E-state index contributed by atoms with van der Waals surface area (Å²) < 4.78 is 0. The molecule has 2 aromatic rings. The van der Waals surface area contributed by atoms with E-state index >= 15 is 0 Å². The Morgan fingerprint density at radius 1 is 0.920 bits per heavy atom. The summed E-state index contributed by atoms with van der Waals surface area (Å²) in [5.74, 6) is 5.63. The van der Waals surface area contributed by atoms with Crippen molar-refractivity contribution in [3.05, 3.63) is 70.8 Å². The van der Waals surface area contributed by atoms with E-state index in [-0.39, 0.29) is 6.61 Å². The van der Waals surface area contributed by atoms with Crippen LogP contribution in [-0.4, -0.2) is 48.7 Å². The molecule has 0 atom stereocenters. The van der Waals surface area contributed by atoms with Gasteiger partial charge in [0.1, 0.15) is 6.61 Å². The Bertz CT molecular complexity index is 711. The molecule has 0 saturated carbocycles. The summed E-state index contributed by atoms with van der Waals surface area (Å²) >= 11 is 0. The highest BCUT2D eigenvalue weighted by molar-refractivity contribution is 5.36. The van der Waals surface area contributed by atoms with Gasteiger partial charge < -0.3 is 10.0 Å². The van der Waals surface area contributed by atoms with Crippen molar-refractivity contribution >= 4 is 0 Å². The van der Waals surface area contributed by atoms with Crippen molar-refractivity contribution in [1.82, 2.24) is 9.80 Å². The highest BCUT2D eigenvalue weighted by Gasteiger charge is 2.09. The van der Waals surface area contributed by atoms with E-state index in [2.05, 4.69) is 79.1 Å². The smallest absolute Gasteiger partial charge is 0.104 e. The number of hydrogen-bond donors (Lipinski definition) is 1. The highest BCUT2D eigenvalue weighted by atomic mass is 16.2. The van der Waals surface area contributed by atoms with Crippen LogP contribution in [0.25, 0.3) is 0 Å². The number of aryl methyl sites for hydroxylation is 1. The molecule has 0 spiro atoms. The lowest BCUT2D eigenvalue weighted by atomic mass is 10.1. The van der Waals surface area contributed by atoms with Crippen molar-refractivity contribution in [1.29, 1.82) is 0 Å². The molecule has 3 nitrogen and oxygen atoms in total. The molecule has 2 aromatic carbocycles. The molecule has 0 aliphatic carbocycles. The van der Waals surface area contributed by atoms with Gasteiger partial charge in [-0.15, -0.1) is 0 Å². The molecule has 0 amide bonds. The molecule has 0 unspecified atom stereocenters. The zero-order chi connectivity index (χ0) is 18.1. The minimum Gasteiger partial charge on any atom is -0.384 e. The third kappa shape index (κ3) is 6.72. The minimum atomic E-state index is -0.101. The maximum absolute atomic E-state index is 8.78. The average molecular weight is 336 g/mol. The van der Waals surface area contributed by atoms with Gasteiger partial charge in [-0.3, -0.25) is 4.90 Å². The first-order chi connectivity index (χ1) is 12.1. The average Bonchev–Trinajstić information content (AvgIpc) is 2.61. The Morgan fingerprint density at radius 3 is 2.28 bits per heavy atom. The lowest BCUT2D eigenvalue weighted by Gasteiger charge is -2.25. The second kappa shape index (κ2) is 10.0. The Balaban J connectivity index is 2.08. The fraction of sp³-hybridized carbons (Fsp3) is 0.364. The van der Waals surface area contributed by atoms with Gasteiger partial charge in [-0.2, -0.15) is 0 Å². The third-order valence-corrected chi connectivity index (χ3v) is 4.19. The fourth-order valence-corrected chi connectivity index (χ4v) is 2.68. The Hall–Kier alpha value is -2.12. The number of aliphatic hydroxyl groups is 1. The van der Waals surface area contributed by atoms with Crippen molar-refractivity contribution < 1.29 is 5.11 Å². The first-order valence-corrected chi connectivity index (χ1v) is 8.68. The van der Waals surface area contributed by atoms with Gasteiger partial charge in [0, 0.05) is 31.7 Å². The molecule has 0 aliphatic heterocycles. The van der Waals surface area contributed by atoms with Crippen LogP contribution < -0.4 is 0 Å². The molecule has 0 aromatic heterocycles. The van der Waals surface area contributed by atoms with Gasteiger partial charge in [-0.05, 0) is 49.8 Å². The topological polar surface area (TPSA) is 26.7 Å². The van der Waals surface area contributed by atoms with Gasteiger partial charge in [-0.1, -0.05) is 48.2 Å². The zero-order valence-electron chi connectivity index (χ0n) is 15.5. The number of nitrogens with zero attached hydrogens (tertiary/aromatic N) is 2. The summed E-state index contributed by atoms with van der Waals surface area (Å²) in [6, 6.07) is 16.9. The fourth-order valence-electron chi connectivity index (χ4n) is 2.68. The van der Waals surface area contributed by atoms with Crippen LogP contribution in [0.2, 0.25) is 0 Å². The molecule has 0 aliphatic rings. The summed E-state index contributed by atoms with van der Waals surface area (Å²) in [5.41, 5.74) is 4.94.